The number of carboxylic acid groups (broad SMARTS) is 1. The van der Waals surface area contributed by atoms with Crippen LogP contribution in [-0.4, -0.2) is 26.2 Å². The predicted octanol–water partition coefficient (Wildman–Crippen LogP) is 1.83. The topological polar surface area (TPSA) is 86.2 Å². The van der Waals surface area contributed by atoms with Crippen molar-refractivity contribution in [3.63, 3.8) is 0 Å². The fraction of sp³-hybridized carbons (Fsp3) is 0.0909. The highest BCUT2D eigenvalue weighted by molar-refractivity contribution is 5.91. The maximum absolute atomic E-state index is 10.8. The van der Waals surface area contributed by atoms with Crippen LogP contribution in [0.15, 0.2) is 30.7 Å². The van der Waals surface area contributed by atoms with E-state index in [0.29, 0.717) is 12.0 Å². The third kappa shape index (κ3) is 2.76. The molecule has 0 amide bonds. The summed E-state index contributed by atoms with van der Waals surface area (Å²) in [4.78, 5) is 17.6. The van der Waals surface area contributed by atoms with Gasteiger partial charge in [0, 0.05) is 18.2 Å². The minimum atomic E-state index is -1.14. The highest BCUT2D eigenvalue weighted by atomic mass is 35.5. The van der Waals surface area contributed by atoms with Gasteiger partial charge < -0.3 is 15.2 Å². The van der Waals surface area contributed by atoms with Crippen LogP contribution in [0.25, 0.3) is 0 Å². The molecule has 5 nitrogen and oxygen atoms in total. The van der Waals surface area contributed by atoms with Crippen LogP contribution in [0.5, 0.6) is 5.75 Å². The molecule has 1 heterocycles. The summed E-state index contributed by atoms with van der Waals surface area (Å²) in [5.74, 6) is -1.33. The van der Waals surface area contributed by atoms with Gasteiger partial charge in [0.1, 0.15) is 11.3 Å². The molecule has 0 aliphatic rings. The van der Waals surface area contributed by atoms with Gasteiger partial charge >= 0.3 is 5.97 Å². The second-order valence-electron chi connectivity index (χ2n) is 3.36. The largest absolute Gasteiger partial charge is 0.507 e. The lowest BCUT2D eigenvalue weighted by atomic mass is 10.0. The lowest BCUT2D eigenvalue weighted by molar-refractivity contribution is 0.0693. The lowest BCUT2D eigenvalue weighted by Gasteiger charge is -2.05. The van der Waals surface area contributed by atoms with Gasteiger partial charge in [-0.25, -0.2) is 9.78 Å². The van der Waals surface area contributed by atoms with Crippen molar-refractivity contribution < 1.29 is 15.0 Å². The highest BCUT2D eigenvalue weighted by Gasteiger charge is 2.13. The standard InChI is InChI=1S/C11H10N2O3.ClH/c14-10-7(4-8-5-12-6-13-8)2-1-3-9(10)11(15)16;/h1-3,5-6,14H,4H2,(H,12,13)(H,15,16);1H. The zero-order chi connectivity index (χ0) is 11.5. The number of imidazole rings is 1. The number of halogens is 1. The Kier molecular flexibility index (Phi) is 4.12. The number of rotatable bonds is 3. The Morgan fingerprint density at radius 1 is 1.41 bits per heavy atom. The Morgan fingerprint density at radius 3 is 2.76 bits per heavy atom. The maximum Gasteiger partial charge on any atom is 0.339 e. The van der Waals surface area contributed by atoms with Crippen molar-refractivity contribution in [3.8, 4) is 5.75 Å². The summed E-state index contributed by atoms with van der Waals surface area (Å²) < 4.78 is 0. The van der Waals surface area contributed by atoms with E-state index in [-0.39, 0.29) is 23.7 Å². The number of phenols is 1. The first kappa shape index (κ1) is 13.1. The van der Waals surface area contributed by atoms with Crippen molar-refractivity contribution in [2.24, 2.45) is 0 Å². The second kappa shape index (κ2) is 5.36. The Balaban J connectivity index is 0.00000144. The summed E-state index contributed by atoms with van der Waals surface area (Å²) in [6.45, 7) is 0. The molecule has 0 saturated carbocycles. The smallest absolute Gasteiger partial charge is 0.339 e. The molecule has 1 aromatic carbocycles. The van der Waals surface area contributed by atoms with E-state index in [0.717, 1.165) is 5.69 Å². The van der Waals surface area contributed by atoms with Crippen LogP contribution in [0, 0.1) is 0 Å². The molecular weight excluding hydrogens is 244 g/mol. The summed E-state index contributed by atoms with van der Waals surface area (Å²) in [7, 11) is 0. The van der Waals surface area contributed by atoms with Gasteiger partial charge in [-0.15, -0.1) is 12.4 Å². The Hall–Kier alpha value is -2.01. The number of hydrogen-bond donors (Lipinski definition) is 3. The van der Waals surface area contributed by atoms with Crippen LogP contribution >= 0.6 is 12.4 Å². The molecule has 6 heteroatoms. The minimum absolute atomic E-state index is 0. The first-order chi connectivity index (χ1) is 7.68. The first-order valence-electron chi connectivity index (χ1n) is 4.70. The molecule has 0 radical (unpaired) electrons. The molecule has 0 spiro atoms. The van der Waals surface area contributed by atoms with Crippen molar-refractivity contribution in [2.75, 3.05) is 0 Å². The van der Waals surface area contributed by atoms with Gasteiger partial charge in [0.2, 0.25) is 0 Å². The average Bonchev–Trinajstić information content (AvgIpc) is 2.73. The number of nitrogens with zero attached hydrogens (tertiary/aromatic N) is 1. The number of hydrogen-bond acceptors (Lipinski definition) is 3. The van der Waals surface area contributed by atoms with Crippen LogP contribution in [0.4, 0.5) is 0 Å². The lowest BCUT2D eigenvalue weighted by Crippen LogP contribution is -1.99. The van der Waals surface area contributed by atoms with Gasteiger partial charge in [-0.05, 0) is 6.07 Å². The van der Waals surface area contributed by atoms with Crippen LogP contribution in [-0.2, 0) is 6.42 Å². The highest BCUT2D eigenvalue weighted by Crippen LogP contribution is 2.24. The summed E-state index contributed by atoms with van der Waals surface area (Å²) in [6, 6.07) is 4.65. The van der Waals surface area contributed by atoms with Gasteiger partial charge in [-0.3, -0.25) is 0 Å². The number of carboxylic acids is 1. The fourth-order valence-electron chi connectivity index (χ4n) is 1.49. The molecule has 2 aromatic rings. The molecule has 0 unspecified atom stereocenters. The molecule has 3 N–H and O–H groups in total. The molecule has 0 fully saturated rings. The molecule has 90 valence electrons. The van der Waals surface area contributed by atoms with E-state index in [1.54, 1.807) is 18.3 Å². The van der Waals surface area contributed by atoms with Crippen LogP contribution in [0.3, 0.4) is 0 Å². The van der Waals surface area contributed by atoms with Crippen molar-refractivity contribution >= 4 is 18.4 Å². The van der Waals surface area contributed by atoms with E-state index in [9.17, 15) is 9.90 Å². The third-order valence-corrected chi connectivity index (χ3v) is 2.28. The third-order valence-electron chi connectivity index (χ3n) is 2.28. The van der Waals surface area contributed by atoms with Gasteiger partial charge in [0.15, 0.2) is 0 Å². The average molecular weight is 255 g/mol. The van der Waals surface area contributed by atoms with E-state index in [1.165, 1.54) is 12.4 Å². The molecule has 17 heavy (non-hydrogen) atoms. The normalized spacial score (nSPS) is 9.65. The molecule has 0 saturated heterocycles. The molecule has 0 aliphatic carbocycles. The number of aromatic carboxylic acids is 1. The summed E-state index contributed by atoms with van der Waals surface area (Å²) in [5, 5.41) is 18.6. The van der Waals surface area contributed by atoms with Crippen molar-refractivity contribution in [1.82, 2.24) is 9.97 Å². The molecule has 0 bridgehead atoms. The number of benzene rings is 1. The Morgan fingerprint density at radius 2 is 2.18 bits per heavy atom. The second-order valence-corrected chi connectivity index (χ2v) is 3.36. The van der Waals surface area contributed by atoms with Crippen molar-refractivity contribution in [2.45, 2.75) is 6.42 Å². The van der Waals surface area contributed by atoms with Crippen LogP contribution in [0.2, 0.25) is 0 Å². The molecule has 0 aliphatic heterocycles. The van der Waals surface area contributed by atoms with Gasteiger partial charge in [-0.2, -0.15) is 0 Å². The number of carbonyl (C=O) groups is 1. The quantitative estimate of drug-likeness (QED) is 0.780. The summed E-state index contributed by atoms with van der Waals surface area (Å²) in [6.07, 6.45) is 3.64. The van der Waals surface area contributed by atoms with E-state index in [1.807, 2.05) is 0 Å². The Bertz CT molecular complexity index is 511. The number of H-pyrrole nitrogens is 1. The first-order valence-corrected chi connectivity index (χ1v) is 4.70. The molecule has 0 atom stereocenters. The SMILES string of the molecule is Cl.O=C(O)c1cccc(Cc2c[nH]cn2)c1O. The van der Waals surface area contributed by atoms with Gasteiger partial charge in [0.25, 0.3) is 0 Å². The monoisotopic (exact) mass is 254 g/mol. The number of nitrogens with one attached hydrogen (secondary N) is 1. The predicted molar refractivity (Wildman–Crippen MR) is 63.7 cm³/mol. The minimum Gasteiger partial charge on any atom is -0.507 e. The number of para-hydroxylation sites is 1. The van der Waals surface area contributed by atoms with E-state index in [2.05, 4.69) is 9.97 Å². The van der Waals surface area contributed by atoms with Crippen molar-refractivity contribution in [1.29, 1.82) is 0 Å². The van der Waals surface area contributed by atoms with E-state index >= 15 is 0 Å². The number of aromatic amines is 1. The van der Waals surface area contributed by atoms with Crippen LogP contribution < -0.4 is 0 Å². The zero-order valence-corrected chi connectivity index (χ0v) is 9.57. The molecule has 1 aromatic heterocycles. The Labute approximate surface area is 104 Å². The van der Waals surface area contributed by atoms with Crippen LogP contribution in [0.1, 0.15) is 21.6 Å². The molecule has 2 rings (SSSR count). The fourth-order valence-corrected chi connectivity index (χ4v) is 1.49. The van der Waals surface area contributed by atoms with Gasteiger partial charge in [0.05, 0.1) is 12.0 Å². The summed E-state index contributed by atoms with van der Waals surface area (Å²) in [5.41, 5.74) is 1.21. The molecular formula is C11H11ClN2O3. The number of aromatic hydroxyl groups is 1. The maximum atomic E-state index is 10.8. The van der Waals surface area contributed by atoms with Gasteiger partial charge in [-0.1, -0.05) is 12.1 Å². The van der Waals surface area contributed by atoms with Crippen molar-refractivity contribution in [3.05, 3.63) is 47.5 Å². The van der Waals surface area contributed by atoms with E-state index < -0.39 is 5.97 Å². The zero-order valence-electron chi connectivity index (χ0n) is 8.75. The summed E-state index contributed by atoms with van der Waals surface area (Å²) >= 11 is 0. The van der Waals surface area contributed by atoms with E-state index in [4.69, 9.17) is 5.11 Å². The number of aromatic nitrogens is 2.